The summed E-state index contributed by atoms with van der Waals surface area (Å²) in [6.07, 6.45) is 40.9. The Bertz CT molecular complexity index is 753. The molecule has 0 saturated carbocycles. The fraction of sp³-hybridized carbons (Fsp3) is 0.933. The number of ether oxygens (including phenoxy) is 3. The van der Waals surface area contributed by atoms with E-state index in [9.17, 15) is 14.4 Å². The predicted octanol–water partition coefficient (Wildman–Crippen LogP) is 14.1. The highest BCUT2D eigenvalue weighted by atomic mass is 16.6. The summed E-state index contributed by atoms with van der Waals surface area (Å²) in [5.41, 5.74) is 0. The second-order valence-corrected chi connectivity index (χ2v) is 15.3. The van der Waals surface area contributed by atoms with Gasteiger partial charge in [0.1, 0.15) is 13.2 Å². The molecule has 0 aromatic heterocycles. The lowest BCUT2D eigenvalue weighted by Crippen LogP contribution is -2.30. The molecule has 0 saturated heterocycles. The van der Waals surface area contributed by atoms with Gasteiger partial charge in [-0.05, 0) is 19.3 Å². The van der Waals surface area contributed by atoms with Gasteiger partial charge in [0, 0.05) is 19.3 Å². The van der Waals surface area contributed by atoms with Gasteiger partial charge in [0.15, 0.2) is 6.10 Å². The normalized spacial score (nSPS) is 11.8. The van der Waals surface area contributed by atoms with Crippen molar-refractivity contribution >= 4 is 17.9 Å². The van der Waals surface area contributed by atoms with Crippen LogP contribution in [0, 0.1) is 0 Å². The van der Waals surface area contributed by atoms with Gasteiger partial charge in [-0.2, -0.15) is 0 Å². The van der Waals surface area contributed by atoms with Gasteiger partial charge in [0.2, 0.25) is 0 Å². The quantitative estimate of drug-likeness (QED) is 0.0355. The maximum atomic E-state index is 12.7. The van der Waals surface area contributed by atoms with E-state index in [0.717, 1.165) is 57.8 Å². The topological polar surface area (TPSA) is 78.9 Å². The van der Waals surface area contributed by atoms with E-state index in [-0.39, 0.29) is 31.1 Å². The minimum absolute atomic E-state index is 0.0633. The Morgan fingerprint density at radius 3 is 0.784 bits per heavy atom. The lowest BCUT2D eigenvalue weighted by Gasteiger charge is -2.18. The van der Waals surface area contributed by atoms with Crippen molar-refractivity contribution in [3.63, 3.8) is 0 Å². The van der Waals surface area contributed by atoms with Gasteiger partial charge in [-0.1, -0.05) is 213 Å². The molecule has 0 aliphatic rings. The minimum Gasteiger partial charge on any atom is -0.462 e. The molecule has 6 heteroatoms. The van der Waals surface area contributed by atoms with Crippen molar-refractivity contribution in [3.05, 3.63) is 0 Å². The van der Waals surface area contributed by atoms with Crippen LogP contribution >= 0.6 is 0 Å². The number of rotatable bonds is 41. The first-order valence-electron chi connectivity index (χ1n) is 22.5. The Balaban J connectivity index is 4.25. The minimum atomic E-state index is -0.756. The molecule has 0 unspecified atom stereocenters. The largest absolute Gasteiger partial charge is 0.462 e. The third kappa shape index (κ3) is 39.5. The van der Waals surface area contributed by atoms with Crippen molar-refractivity contribution in [2.75, 3.05) is 13.2 Å². The Morgan fingerprint density at radius 2 is 0.529 bits per heavy atom. The van der Waals surface area contributed by atoms with Crippen LogP contribution in [0.4, 0.5) is 0 Å². The maximum Gasteiger partial charge on any atom is 0.306 e. The van der Waals surface area contributed by atoms with Gasteiger partial charge in [0.05, 0.1) is 0 Å². The second kappa shape index (κ2) is 41.2. The summed E-state index contributed by atoms with van der Waals surface area (Å²) < 4.78 is 16.6. The molecule has 0 rings (SSSR count). The Labute approximate surface area is 317 Å². The molecule has 0 heterocycles. The van der Waals surface area contributed by atoms with E-state index in [0.29, 0.717) is 19.3 Å². The summed E-state index contributed by atoms with van der Waals surface area (Å²) in [7, 11) is 0. The van der Waals surface area contributed by atoms with Crippen LogP contribution in [0.5, 0.6) is 0 Å². The number of esters is 3. The molecular formula is C45H86O6. The SMILES string of the molecule is CCCCCCCCCCCCCCCCCC(=O)O[C@H](COC(=O)CCCCCCCCC)COC(=O)CCCCCCCCCCCCC. The van der Waals surface area contributed by atoms with Crippen LogP contribution in [0.1, 0.15) is 252 Å². The summed E-state index contributed by atoms with van der Waals surface area (Å²) in [5, 5.41) is 0. The van der Waals surface area contributed by atoms with Gasteiger partial charge < -0.3 is 14.2 Å². The fourth-order valence-corrected chi connectivity index (χ4v) is 6.68. The highest BCUT2D eigenvalue weighted by molar-refractivity contribution is 5.71. The van der Waals surface area contributed by atoms with E-state index in [1.54, 1.807) is 0 Å². The van der Waals surface area contributed by atoms with Crippen LogP contribution in [0.3, 0.4) is 0 Å². The van der Waals surface area contributed by atoms with Crippen molar-refractivity contribution in [1.29, 1.82) is 0 Å². The molecular weight excluding hydrogens is 636 g/mol. The monoisotopic (exact) mass is 723 g/mol. The number of carbonyl (C=O) groups is 3. The molecule has 0 aliphatic heterocycles. The molecule has 302 valence electrons. The average molecular weight is 723 g/mol. The highest BCUT2D eigenvalue weighted by Gasteiger charge is 2.19. The third-order valence-corrected chi connectivity index (χ3v) is 10.1. The number of hydrogen-bond acceptors (Lipinski definition) is 6. The molecule has 0 N–H and O–H groups in total. The van der Waals surface area contributed by atoms with E-state index >= 15 is 0 Å². The zero-order chi connectivity index (χ0) is 37.3. The summed E-state index contributed by atoms with van der Waals surface area (Å²) in [5.74, 6) is -0.859. The molecule has 0 aliphatic carbocycles. The Hall–Kier alpha value is -1.59. The summed E-state index contributed by atoms with van der Waals surface area (Å²) in [6, 6.07) is 0. The van der Waals surface area contributed by atoms with Crippen LogP contribution in [0.15, 0.2) is 0 Å². The van der Waals surface area contributed by atoms with Crippen LogP contribution in [-0.4, -0.2) is 37.2 Å². The molecule has 0 bridgehead atoms. The van der Waals surface area contributed by atoms with E-state index in [2.05, 4.69) is 20.8 Å². The van der Waals surface area contributed by atoms with Gasteiger partial charge in [0.25, 0.3) is 0 Å². The standard InChI is InChI=1S/C45H86O6/c1-4-7-10-13-16-18-20-21-22-23-25-27-30-33-36-39-45(48)51-42(40-49-43(46)37-34-31-28-15-12-9-6-3)41-50-44(47)38-35-32-29-26-24-19-17-14-11-8-5-2/h42H,4-41H2,1-3H3/t42-/m1/s1. The van der Waals surface area contributed by atoms with Gasteiger partial charge in [-0.3, -0.25) is 14.4 Å². The smallest absolute Gasteiger partial charge is 0.306 e. The summed E-state index contributed by atoms with van der Waals surface area (Å²) >= 11 is 0. The zero-order valence-corrected chi connectivity index (χ0v) is 34.4. The van der Waals surface area contributed by atoms with Crippen molar-refractivity contribution in [3.8, 4) is 0 Å². The van der Waals surface area contributed by atoms with E-state index in [1.165, 1.54) is 154 Å². The van der Waals surface area contributed by atoms with Gasteiger partial charge in [-0.25, -0.2) is 0 Å². The lowest BCUT2D eigenvalue weighted by atomic mass is 10.0. The van der Waals surface area contributed by atoms with Crippen molar-refractivity contribution in [2.45, 2.75) is 258 Å². The van der Waals surface area contributed by atoms with E-state index in [4.69, 9.17) is 14.2 Å². The van der Waals surface area contributed by atoms with Gasteiger partial charge in [-0.15, -0.1) is 0 Å². The third-order valence-electron chi connectivity index (χ3n) is 10.1. The summed E-state index contributed by atoms with van der Waals surface area (Å²) in [6.45, 7) is 6.61. The number of hydrogen-bond donors (Lipinski definition) is 0. The Morgan fingerprint density at radius 1 is 0.314 bits per heavy atom. The van der Waals surface area contributed by atoms with E-state index in [1.807, 2.05) is 0 Å². The first kappa shape index (κ1) is 49.4. The predicted molar refractivity (Wildman–Crippen MR) is 215 cm³/mol. The van der Waals surface area contributed by atoms with Crippen LogP contribution in [-0.2, 0) is 28.6 Å². The van der Waals surface area contributed by atoms with Crippen LogP contribution < -0.4 is 0 Å². The molecule has 0 spiro atoms. The Kier molecular flexibility index (Phi) is 39.9. The second-order valence-electron chi connectivity index (χ2n) is 15.3. The molecule has 6 nitrogen and oxygen atoms in total. The first-order valence-corrected chi connectivity index (χ1v) is 22.5. The zero-order valence-electron chi connectivity index (χ0n) is 34.4. The molecule has 0 fully saturated rings. The highest BCUT2D eigenvalue weighted by Crippen LogP contribution is 2.16. The lowest BCUT2D eigenvalue weighted by molar-refractivity contribution is -0.167. The number of carbonyl (C=O) groups excluding carboxylic acids is 3. The van der Waals surface area contributed by atoms with Crippen LogP contribution in [0.2, 0.25) is 0 Å². The van der Waals surface area contributed by atoms with Crippen molar-refractivity contribution in [2.24, 2.45) is 0 Å². The molecule has 0 amide bonds. The molecule has 0 aromatic rings. The molecule has 51 heavy (non-hydrogen) atoms. The van der Waals surface area contributed by atoms with Crippen LogP contribution in [0.25, 0.3) is 0 Å². The first-order chi connectivity index (χ1) is 25.0. The van der Waals surface area contributed by atoms with Gasteiger partial charge >= 0.3 is 17.9 Å². The maximum absolute atomic E-state index is 12.7. The van der Waals surface area contributed by atoms with E-state index < -0.39 is 6.10 Å². The van der Waals surface area contributed by atoms with Crippen molar-refractivity contribution < 1.29 is 28.6 Å². The molecule has 1 atom stereocenters. The summed E-state index contributed by atoms with van der Waals surface area (Å²) in [4.78, 5) is 37.5. The fourth-order valence-electron chi connectivity index (χ4n) is 6.68. The van der Waals surface area contributed by atoms with Crippen molar-refractivity contribution in [1.82, 2.24) is 0 Å². The molecule has 0 radical (unpaired) electrons. The average Bonchev–Trinajstić information content (AvgIpc) is 3.12. The molecule has 0 aromatic carbocycles. The number of unbranched alkanes of at least 4 members (excludes halogenated alkanes) is 30.